The Morgan fingerprint density at radius 2 is 2.15 bits per heavy atom. The van der Waals surface area contributed by atoms with Crippen LogP contribution in [0.5, 0.6) is 0 Å². The van der Waals surface area contributed by atoms with Gasteiger partial charge in [-0.2, -0.15) is 0 Å². The minimum atomic E-state index is -1.04. The first kappa shape index (κ1) is 17.1. The Bertz CT molecular complexity index is 496. The molecule has 1 saturated carbocycles. The van der Waals surface area contributed by atoms with Crippen LogP contribution >= 0.6 is 12.4 Å². The molecule has 6 heteroatoms. The van der Waals surface area contributed by atoms with E-state index in [1.807, 2.05) is 6.07 Å². The number of anilines is 1. The van der Waals surface area contributed by atoms with Crippen LogP contribution in [0.3, 0.4) is 0 Å². The third-order valence-electron chi connectivity index (χ3n) is 3.52. The summed E-state index contributed by atoms with van der Waals surface area (Å²) in [4.78, 5) is 12.9. The standard InChI is InChI=1S/C14H20N2O2S.ClH/c1-19(18)13-7-3-6-12(9-13)16-14(17)10-4-2-5-11(15)8-10;/h3,6-7,9-11H,2,4-5,8,15H2,1H3,(H,16,17);1H. The molecule has 0 saturated heterocycles. The molecular formula is C14H21ClN2O2S. The lowest BCUT2D eigenvalue weighted by Crippen LogP contribution is -2.34. The van der Waals surface area contributed by atoms with E-state index in [-0.39, 0.29) is 30.3 Å². The van der Waals surface area contributed by atoms with Crippen LogP contribution in [0.1, 0.15) is 25.7 Å². The largest absolute Gasteiger partial charge is 0.328 e. The first-order valence-electron chi connectivity index (χ1n) is 6.56. The minimum absolute atomic E-state index is 0. The Kier molecular flexibility index (Phi) is 6.65. The number of hydrogen-bond donors (Lipinski definition) is 2. The van der Waals surface area contributed by atoms with E-state index in [0.29, 0.717) is 5.69 Å². The van der Waals surface area contributed by atoms with E-state index >= 15 is 0 Å². The molecule has 3 atom stereocenters. The van der Waals surface area contributed by atoms with Gasteiger partial charge >= 0.3 is 0 Å². The van der Waals surface area contributed by atoms with Gasteiger partial charge in [-0.1, -0.05) is 12.5 Å². The second kappa shape index (κ2) is 7.76. The molecule has 0 radical (unpaired) electrons. The van der Waals surface area contributed by atoms with Crippen molar-refractivity contribution >= 4 is 34.8 Å². The van der Waals surface area contributed by atoms with Gasteiger partial charge in [0.2, 0.25) is 5.91 Å². The number of carbonyl (C=O) groups excluding carboxylic acids is 1. The van der Waals surface area contributed by atoms with E-state index in [1.54, 1.807) is 24.5 Å². The van der Waals surface area contributed by atoms with Gasteiger partial charge < -0.3 is 11.1 Å². The zero-order valence-corrected chi connectivity index (χ0v) is 13.1. The van der Waals surface area contributed by atoms with Crippen molar-refractivity contribution in [3.63, 3.8) is 0 Å². The molecule has 20 heavy (non-hydrogen) atoms. The van der Waals surface area contributed by atoms with Crippen molar-refractivity contribution in [2.75, 3.05) is 11.6 Å². The number of amides is 1. The van der Waals surface area contributed by atoms with Gasteiger partial charge in [-0.3, -0.25) is 9.00 Å². The number of nitrogens with two attached hydrogens (primary N) is 1. The predicted molar refractivity (Wildman–Crippen MR) is 84.6 cm³/mol. The van der Waals surface area contributed by atoms with Crippen molar-refractivity contribution in [3.8, 4) is 0 Å². The highest BCUT2D eigenvalue weighted by Crippen LogP contribution is 2.24. The van der Waals surface area contributed by atoms with E-state index in [2.05, 4.69) is 5.32 Å². The normalized spacial score (nSPS) is 23.5. The average Bonchev–Trinajstić information content (AvgIpc) is 2.39. The van der Waals surface area contributed by atoms with Crippen LogP contribution < -0.4 is 11.1 Å². The SMILES string of the molecule is CS(=O)c1cccc(NC(=O)C2CCCC(N)C2)c1.Cl. The molecular weight excluding hydrogens is 296 g/mol. The van der Waals surface area contributed by atoms with Crippen LogP contribution in [0.15, 0.2) is 29.2 Å². The van der Waals surface area contributed by atoms with Crippen molar-refractivity contribution in [3.05, 3.63) is 24.3 Å². The third kappa shape index (κ3) is 4.58. The topological polar surface area (TPSA) is 72.2 Å². The number of benzene rings is 1. The maximum absolute atomic E-state index is 12.2. The molecule has 1 amide bonds. The third-order valence-corrected chi connectivity index (χ3v) is 4.44. The minimum Gasteiger partial charge on any atom is -0.328 e. The molecule has 3 N–H and O–H groups in total. The summed E-state index contributed by atoms with van der Waals surface area (Å²) < 4.78 is 11.4. The maximum Gasteiger partial charge on any atom is 0.227 e. The van der Waals surface area contributed by atoms with Crippen molar-refractivity contribution in [1.82, 2.24) is 0 Å². The number of nitrogens with one attached hydrogen (secondary N) is 1. The quantitative estimate of drug-likeness (QED) is 0.898. The van der Waals surface area contributed by atoms with Crippen molar-refractivity contribution in [2.45, 2.75) is 36.6 Å². The smallest absolute Gasteiger partial charge is 0.227 e. The van der Waals surface area contributed by atoms with E-state index in [1.165, 1.54) is 0 Å². The molecule has 0 spiro atoms. The lowest BCUT2D eigenvalue weighted by atomic mass is 9.85. The molecule has 0 aliphatic heterocycles. The summed E-state index contributed by atoms with van der Waals surface area (Å²) in [5, 5.41) is 2.90. The maximum atomic E-state index is 12.2. The van der Waals surface area contributed by atoms with Crippen LogP contribution in [-0.2, 0) is 15.6 Å². The molecule has 4 nitrogen and oxygen atoms in total. The zero-order chi connectivity index (χ0) is 13.8. The Hall–Kier alpha value is -0.910. The van der Waals surface area contributed by atoms with Gasteiger partial charge in [-0.15, -0.1) is 12.4 Å². The Balaban J connectivity index is 0.00000200. The van der Waals surface area contributed by atoms with Crippen LogP contribution in [-0.4, -0.2) is 22.4 Å². The Morgan fingerprint density at radius 1 is 1.40 bits per heavy atom. The first-order valence-corrected chi connectivity index (χ1v) is 8.12. The number of halogens is 1. The van der Waals surface area contributed by atoms with Gasteiger partial charge in [0.1, 0.15) is 0 Å². The molecule has 1 aliphatic rings. The number of hydrogen-bond acceptors (Lipinski definition) is 3. The number of carbonyl (C=O) groups is 1. The Morgan fingerprint density at radius 3 is 2.80 bits per heavy atom. The molecule has 1 aromatic rings. The molecule has 0 bridgehead atoms. The summed E-state index contributed by atoms with van der Waals surface area (Å²) in [6.45, 7) is 0. The summed E-state index contributed by atoms with van der Waals surface area (Å²) in [7, 11) is -1.04. The van der Waals surface area contributed by atoms with E-state index in [4.69, 9.17) is 5.73 Å². The highest BCUT2D eigenvalue weighted by molar-refractivity contribution is 7.84. The fraction of sp³-hybridized carbons (Fsp3) is 0.500. The second-order valence-electron chi connectivity index (χ2n) is 5.09. The van der Waals surface area contributed by atoms with Gasteiger partial charge in [0.05, 0.1) is 0 Å². The van der Waals surface area contributed by atoms with Gasteiger partial charge in [0.15, 0.2) is 0 Å². The van der Waals surface area contributed by atoms with Crippen molar-refractivity contribution < 1.29 is 9.00 Å². The van der Waals surface area contributed by atoms with E-state index in [9.17, 15) is 9.00 Å². The summed E-state index contributed by atoms with van der Waals surface area (Å²) >= 11 is 0. The monoisotopic (exact) mass is 316 g/mol. The molecule has 1 aromatic carbocycles. The summed E-state index contributed by atoms with van der Waals surface area (Å²) in [6, 6.07) is 7.31. The number of rotatable bonds is 3. The predicted octanol–water partition coefficient (Wildman–Crippen LogP) is 2.30. The molecule has 1 aliphatic carbocycles. The fourth-order valence-corrected chi connectivity index (χ4v) is 3.03. The molecule has 1 fully saturated rings. The highest BCUT2D eigenvalue weighted by Gasteiger charge is 2.25. The van der Waals surface area contributed by atoms with Crippen LogP contribution in [0.25, 0.3) is 0 Å². The van der Waals surface area contributed by atoms with E-state index < -0.39 is 10.8 Å². The van der Waals surface area contributed by atoms with Gasteiger partial charge in [-0.25, -0.2) is 0 Å². The summed E-state index contributed by atoms with van der Waals surface area (Å²) in [5.74, 6) is 0.0220. The lowest BCUT2D eigenvalue weighted by molar-refractivity contribution is -0.120. The molecule has 3 unspecified atom stereocenters. The summed E-state index contributed by atoms with van der Waals surface area (Å²) in [5.41, 5.74) is 6.61. The second-order valence-corrected chi connectivity index (χ2v) is 6.47. The van der Waals surface area contributed by atoms with Gasteiger partial charge in [0.25, 0.3) is 0 Å². The summed E-state index contributed by atoms with van der Waals surface area (Å²) in [6.07, 6.45) is 5.30. The van der Waals surface area contributed by atoms with Gasteiger partial charge in [-0.05, 0) is 37.5 Å². The first-order chi connectivity index (χ1) is 9.06. The average molecular weight is 317 g/mol. The van der Waals surface area contributed by atoms with Crippen molar-refractivity contribution in [1.29, 1.82) is 0 Å². The highest BCUT2D eigenvalue weighted by atomic mass is 35.5. The lowest BCUT2D eigenvalue weighted by Gasteiger charge is -2.25. The van der Waals surface area contributed by atoms with Crippen LogP contribution in [0.4, 0.5) is 5.69 Å². The van der Waals surface area contributed by atoms with Gasteiger partial charge in [0, 0.05) is 39.6 Å². The van der Waals surface area contributed by atoms with Crippen molar-refractivity contribution in [2.24, 2.45) is 11.7 Å². The van der Waals surface area contributed by atoms with E-state index in [0.717, 1.165) is 30.6 Å². The Labute approximate surface area is 128 Å². The molecule has 112 valence electrons. The zero-order valence-electron chi connectivity index (χ0n) is 11.5. The molecule has 2 rings (SSSR count). The molecule has 0 heterocycles. The van der Waals surface area contributed by atoms with Crippen LogP contribution in [0.2, 0.25) is 0 Å². The fourth-order valence-electron chi connectivity index (χ4n) is 2.46. The van der Waals surface area contributed by atoms with Crippen LogP contribution in [0, 0.1) is 5.92 Å². The molecule has 0 aromatic heterocycles.